The molecule has 0 bridgehead atoms. The summed E-state index contributed by atoms with van der Waals surface area (Å²) in [7, 11) is 0. The van der Waals surface area contributed by atoms with Gasteiger partial charge in [0, 0.05) is 18.8 Å². The molecule has 106 valence electrons. The molecule has 0 radical (unpaired) electrons. The highest BCUT2D eigenvalue weighted by atomic mass is 19.4. The van der Waals surface area contributed by atoms with Crippen LogP contribution >= 0.6 is 0 Å². The van der Waals surface area contributed by atoms with Gasteiger partial charge in [0.25, 0.3) is 0 Å². The molecule has 0 aromatic heterocycles. The van der Waals surface area contributed by atoms with E-state index in [1.54, 1.807) is 31.2 Å². The number of hydrogen-bond donors (Lipinski definition) is 1. The molecule has 0 fully saturated rings. The number of anilines is 1. The molecule has 0 aliphatic heterocycles. The third kappa shape index (κ3) is 5.63. The van der Waals surface area contributed by atoms with Gasteiger partial charge in [0.1, 0.15) is 0 Å². The molecule has 0 spiro atoms. The monoisotopic (exact) mass is 275 g/mol. The summed E-state index contributed by atoms with van der Waals surface area (Å²) in [6, 6.07) is 7.01. The fourth-order valence-corrected chi connectivity index (χ4v) is 1.76. The predicted octanol–water partition coefficient (Wildman–Crippen LogP) is 3.23. The first-order valence-corrected chi connectivity index (χ1v) is 5.89. The van der Waals surface area contributed by atoms with Gasteiger partial charge in [-0.15, -0.1) is 0 Å². The van der Waals surface area contributed by atoms with E-state index in [0.717, 1.165) is 5.56 Å². The Hall–Kier alpha value is -1.72. The number of rotatable bonds is 6. The van der Waals surface area contributed by atoms with Gasteiger partial charge >= 0.3 is 12.1 Å². The number of para-hydroxylation sites is 1. The maximum Gasteiger partial charge on any atom is 0.390 e. The smallest absolute Gasteiger partial charge is 0.390 e. The van der Waals surface area contributed by atoms with Gasteiger partial charge in [0.2, 0.25) is 0 Å². The topological polar surface area (TPSA) is 40.5 Å². The molecule has 0 atom stereocenters. The average molecular weight is 275 g/mol. The highest BCUT2D eigenvalue weighted by molar-refractivity contribution is 5.68. The summed E-state index contributed by atoms with van der Waals surface area (Å²) >= 11 is 0. The van der Waals surface area contributed by atoms with Crippen LogP contribution < -0.4 is 4.90 Å². The van der Waals surface area contributed by atoms with Gasteiger partial charge in [-0.05, 0) is 18.6 Å². The number of hydrogen-bond acceptors (Lipinski definition) is 2. The number of carboxylic acids is 1. The minimum Gasteiger partial charge on any atom is -0.481 e. The van der Waals surface area contributed by atoms with Crippen molar-refractivity contribution in [3.05, 3.63) is 29.8 Å². The van der Waals surface area contributed by atoms with Gasteiger partial charge in [-0.3, -0.25) is 4.79 Å². The Kier molecular flexibility index (Phi) is 5.20. The lowest BCUT2D eigenvalue weighted by Crippen LogP contribution is -2.30. The number of alkyl halides is 3. The molecule has 0 saturated carbocycles. The second-order valence-corrected chi connectivity index (χ2v) is 4.28. The summed E-state index contributed by atoms with van der Waals surface area (Å²) < 4.78 is 36.9. The number of aliphatic carboxylic acids is 1. The molecule has 1 aromatic rings. The molecule has 19 heavy (non-hydrogen) atoms. The Morgan fingerprint density at radius 3 is 2.42 bits per heavy atom. The zero-order valence-electron chi connectivity index (χ0n) is 10.6. The molecule has 0 amide bonds. The zero-order valence-corrected chi connectivity index (χ0v) is 10.6. The molecule has 0 saturated heterocycles. The molecule has 1 N–H and O–H groups in total. The van der Waals surface area contributed by atoms with Gasteiger partial charge < -0.3 is 10.0 Å². The van der Waals surface area contributed by atoms with Gasteiger partial charge in [-0.1, -0.05) is 18.2 Å². The normalized spacial score (nSPS) is 11.4. The minimum atomic E-state index is -4.25. The standard InChI is InChI=1S/C13H16F3NO2/c1-10-4-2-3-5-11(10)17(8-6-12(18)19)9-7-13(14,15)16/h2-5H,6-9H2,1H3,(H,18,19). The fourth-order valence-electron chi connectivity index (χ4n) is 1.76. The Morgan fingerprint density at radius 1 is 1.26 bits per heavy atom. The van der Waals surface area contributed by atoms with Crippen LogP contribution in [0.2, 0.25) is 0 Å². The summed E-state index contributed by atoms with van der Waals surface area (Å²) in [5.74, 6) is -1.02. The summed E-state index contributed by atoms with van der Waals surface area (Å²) in [4.78, 5) is 12.0. The van der Waals surface area contributed by atoms with E-state index in [2.05, 4.69) is 0 Å². The van der Waals surface area contributed by atoms with Crippen LogP contribution in [0.5, 0.6) is 0 Å². The van der Waals surface area contributed by atoms with Gasteiger partial charge in [0.15, 0.2) is 0 Å². The van der Waals surface area contributed by atoms with Crippen molar-refractivity contribution in [2.24, 2.45) is 0 Å². The average Bonchev–Trinajstić information content (AvgIpc) is 2.29. The van der Waals surface area contributed by atoms with Crippen LogP contribution in [0.1, 0.15) is 18.4 Å². The maximum absolute atomic E-state index is 12.3. The quantitative estimate of drug-likeness (QED) is 0.866. The predicted molar refractivity (Wildman–Crippen MR) is 66.3 cm³/mol. The van der Waals surface area contributed by atoms with Gasteiger partial charge in [-0.25, -0.2) is 0 Å². The Balaban J connectivity index is 2.80. The molecule has 1 aromatic carbocycles. The number of carboxylic acid groups (broad SMARTS) is 1. The highest BCUT2D eigenvalue weighted by Gasteiger charge is 2.28. The van der Waals surface area contributed by atoms with Crippen LogP contribution in [0.15, 0.2) is 24.3 Å². The first kappa shape index (κ1) is 15.3. The Morgan fingerprint density at radius 2 is 1.89 bits per heavy atom. The summed E-state index contributed by atoms with van der Waals surface area (Å²) in [6.07, 6.45) is -5.39. The molecular formula is C13H16F3NO2. The van der Waals surface area contributed by atoms with E-state index in [1.807, 2.05) is 0 Å². The van der Waals surface area contributed by atoms with E-state index in [4.69, 9.17) is 5.11 Å². The molecule has 0 unspecified atom stereocenters. The third-order valence-electron chi connectivity index (χ3n) is 2.72. The van der Waals surface area contributed by atoms with E-state index in [1.165, 1.54) is 4.90 Å². The van der Waals surface area contributed by atoms with E-state index < -0.39 is 18.6 Å². The summed E-state index contributed by atoms with van der Waals surface area (Å²) in [6.45, 7) is 1.62. The van der Waals surface area contributed by atoms with Crippen molar-refractivity contribution in [1.29, 1.82) is 0 Å². The van der Waals surface area contributed by atoms with Crippen LogP contribution in [-0.4, -0.2) is 30.3 Å². The van der Waals surface area contributed by atoms with Crippen molar-refractivity contribution in [3.8, 4) is 0 Å². The van der Waals surface area contributed by atoms with Crippen molar-refractivity contribution < 1.29 is 23.1 Å². The molecule has 6 heteroatoms. The van der Waals surface area contributed by atoms with Crippen LogP contribution in [-0.2, 0) is 4.79 Å². The SMILES string of the molecule is Cc1ccccc1N(CCC(=O)O)CCC(F)(F)F. The summed E-state index contributed by atoms with van der Waals surface area (Å²) in [5.41, 5.74) is 1.48. The second kappa shape index (κ2) is 6.45. The van der Waals surface area contributed by atoms with Crippen molar-refractivity contribution in [2.45, 2.75) is 25.9 Å². The van der Waals surface area contributed by atoms with Crippen molar-refractivity contribution >= 4 is 11.7 Å². The molecule has 1 rings (SSSR count). The molecular weight excluding hydrogens is 259 g/mol. The minimum absolute atomic E-state index is 0.0657. The number of halogens is 3. The van der Waals surface area contributed by atoms with Crippen LogP contribution in [0.25, 0.3) is 0 Å². The van der Waals surface area contributed by atoms with Crippen molar-refractivity contribution in [2.75, 3.05) is 18.0 Å². The van der Waals surface area contributed by atoms with E-state index >= 15 is 0 Å². The van der Waals surface area contributed by atoms with Crippen LogP contribution in [0, 0.1) is 6.92 Å². The van der Waals surface area contributed by atoms with E-state index in [0.29, 0.717) is 5.69 Å². The second-order valence-electron chi connectivity index (χ2n) is 4.28. The number of nitrogens with zero attached hydrogens (tertiary/aromatic N) is 1. The largest absolute Gasteiger partial charge is 0.481 e. The molecule has 0 aliphatic carbocycles. The lowest BCUT2D eigenvalue weighted by molar-refractivity contribution is -0.136. The number of aryl methyl sites for hydroxylation is 1. The number of benzene rings is 1. The highest BCUT2D eigenvalue weighted by Crippen LogP contribution is 2.24. The fraction of sp³-hybridized carbons (Fsp3) is 0.462. The van der Waals surface area contributed by atoms with Crippen LogP contribution in [0.4, 0.5) is 18.9 Å². The van der Waals surface area contributed by atoms with Crippen LogP contribution in [0.3, 0.4) is 0 Å². The van der Waals surface area contributed by atoms with Crippen molar-refractivity contribution in [3.63, 3.8) is 0 Å². The lowest BCUT2D eigenvalue weighted by Gasteiger charge is -2.26. The Labute approximate surface area is 109 Å². The van der Waals surface area contributed by atoms with Gasteiger partial charge in [0.05, 0.1) is 12.8 Å². The van der Waals surface area contributed by atoms with E-state index in [-0.39, 0.29) is 19.5 Å². The molecule has 3 nitrogen and oxygen atoms in total. The third-order valence-corrected chi connectivity index (χ3v) is 2.72. The van der Waals surface area contributed by atoms with Crippen molar-refractivity contribution in [1.82, 2.24) is 0 Å². The molecule has 0 heterocycles. The maximum atomic E-state index is 12.3. The van der Waals surface area contributed by atoms with E-state index in [9.17, 15) is 18.0 Å². The summed E-state index contributed by atoms with van der Waals surface area (Å²) in [5, 5.41) is 8.66. The first-order chi connectivity index (χ1) is 8.79. The lowest BCUT2D eigenvalue weighted by atomic mass is 10.1. The molecule has 0 aliphatic rings. The zero-order chi connectivity index (χ0) is 14.5. The number of carbonyl (C=O) groups is 1. The first-order valence-electron chi connectivity index (χ1n) is 5.89. The van der Waals surface area contributed by atoms with Gasteiger partial charge in [-0.2, -0.15) is 13.2 Å². The Bertz CT molecular complexity index is 432.